The van der Waals surface area contributed by atoms with Crippen molar-refractivity contribution < 1.29 is 4.79 Å². The van der Waals surface area contributed by atoms with E-state index in [9.17, 15) is 4.79 Å². The van der Waals surface area contributed by atoms with E-state index in [1.54, 1.807) is 12.3 Å². The first kappa shape index (κ1) is 15.5. The number of carbonyl (C=O) groups excluding carboxylic acids is 1. The van der Waals surface area contributed by atoms with Gasteiger partial charge >= 0.3 is 0 Å². The van der Waals surface area contributed by atoms with Gasteiger partial charge in [-0.1, -0.05) is 28.1 Å². The summed E-state index contributed by atoms with van der Waals surface area (Å²) in [6.45, 7) is 4.77. The van der Waals surface area contributed by atoms with E-state index in [2.05, 4.69) is 31.5 Å². The minimum Gasteiger partial charge on any atom is -0.385 e. The molecule has 0 radical (unpaired) electrons. The number of nitrogens with zero attached hydrogens (tertiary/aromatic N) is 1. The molecule has 5 heteroatoms. The Morgan fingerprint density at radius 1 is 1.29 bits per heavy atom. The Bertz CT molecular complexity index is 613. The highest BCUT2D eigenvalue weighted by Gasteiger charge is 2.12. The zero-order valence-corrected chi connectivity index (χ0v) is 13.6. The Morgan fingerprint density at radius 2 is 2.00 bits per heavy atom. The molecular weight excluding hydrogens is 330 g/mol. The van der Waals surface area contributed by atoms with E-state index in [0.29, 0.717) is 5.69 Å². The Balaban J connectivity index is 2.06. The monoisotopic (exact) mass is 347 g/mol. The van der Waals surface area contributed by atoms with E-state index in [1.165, 1.54) is 0 Å². The summed E-state index contributed by atoms with van der Waals surface area (Å²) in [6, 6.07) is 11.4. The van der Waals surface area contributed by atoms with Gasteiger partial charge in [0.2, 0.25) is 0 Å². The second-order valence-electron chi connectivity index (χ2n) is 4.71. The van der Waals surface area contributed by atoms with Gasteiger partial charge in [-0.2, -0.15) is 0 Å². The number of hydrogen-bond acceptors (Lipinski definition) is 3. The van der Waals surface area contributed by atoms with E-state index in [1.807, 2.05) is 44.2 Å². The van der Waals surface area contributed by atoms with Crippen LogP contribution in [0.3, 0.4) is 0 Å². The van der Waals surface area contributed by atoms with Gasteiger partial charge < -0.3 is 10.6 Å². The van der Waals surface area contributed by atoms with Gasteiger partial charge in [0.15, 0.2) is 0 Å². The van der Waals surface area contributed by atoms with Crippen molar-refractivity contribution in [1.29, 1.82) is 0 Å². The summed E-state index contributed by atoms with van der Waals surface area (Å²) in [5.74, 6) is -0.176. The van der Waals surface area contributed by atoms with Crippen LogP contribution in [0.2, 0.25) is 0 Å². The molecule has 0 bridgehead atoms. The zero-order chi connectivity index (χ0) is 15.2. The highest BCUT2D eigenvalue weighted by molar-refractivity contribution is 9.10. The summed E-state index contributed by atoms with van der Waals surface area (Å²) in [5.41, 5.74) is 2.36. The summed E-state index contributed by atoms with van der Waals surface area (Å²) in [6.07, 6.45) is 1.64. The number of aromatic nitrogens is 1. The van der Waals surface area contributed by atoms with Crippen molar-refractivity contribution in [2.45, 2.75) is 19.9 Å². The first-order valence-corrected chi connectivity index (χ1v) is 7.65. The molecule has 2 N–H and O–H groups in total. The predicted molar refractivity (Wildman–Crippen MR) is 88.4 cm³/mol. The average molecular weight is 348 g/mol. The van der Waals surface area contributed by atoms with E-state index in [0.717, 1.165) is 22.3 Å². The number of rotatable bonds is 5. The summed E-state index contributed by atoms with van der Waals surface area (Å²) >= 11 is 3.40. The van der Waals surface area contributed by atoms with Crippen LogP contribution in [0, 0.1) is 0 Å². The molecule has 0 aliphatic carbocycles. The fraction of sp³-hybridized carbons (Fsp3) is 0.250. The van der Waals surface area contributed by atoms with Crippen LogP contribution in [-0.4, -0.2) is 17.4 Å². The summed E-state index contributed by atoms with van der Waals surface area (Å²) in [7, 11) is 0. The van der Waals surface area contributed by atoms with Crippen molar-refractivity contribution in [2.24, 2.45) is 0 Å². The molecule has 110 valence electrons. The molecule has 2 rings (SSSR count). The molecule has 1 unspecified atom stereocenters. The second-order valence-corrected chi connectivity index (χ2v) is 5.62. The first-order valence-electron chi connectivity index (χ1n) is 6.86. The molecule has 1 heterocycles. The lowest BCUT2D eigenvalue weighted by molar-refractivity contribution is 0.0935. The lowest BCUT2D eigenvalue weighted by Gasteiger charge is -2.14. The minimum atomic E-state index is -0.176. The third kappa shape index (κ3) is 4.29. The summed E-state index contributed by atoms with van der Waals surface area (Å²) in [5, 5.41) is 6.13. The standard InChI is InChI=1S/C16H18BrN3O/c1-3-18-14-8-9-19-15(10-14)16(21)20-11(2)12-4-6-13(17)7-5-12/h4-11H,3H2,1-2H3,(H,18,19)(H,20,21). The minimum absolute atomic E-state index is 0.0739. The Labute approximate surface area is 133 Å². The van der Waals surface area contributed by atoms with Crippen LogP contribution in [0.4, 0.5) is 5.69 Å². The topological polar surface area (TPSA) is 54.0 Å². The number of amides is 1. The molecule has 21 heavy (non-hydrogen) atoms. The van der Waals surface area contributed by atoms with Gasteiger partial charge in [0, 0.05) is 22.9 Å². The Kier molecular flexibility index (Phi) is 5.33. The van der Waals surface area contributed by atoms with Crippen LogP contribution in [0.1, 0.15) is 35.9 Å². The number of halogens is 1. The van der Waals surface area contributed by atoms with E-state index in [4.69, 9.17) is 0 Å². The van der Waals surface area contributed by atoms with Crippen molar-refractivity contribution >= 4 is 27.5 Å². The highest BCUT2D eigenvalue weighted by Crippen LogP contribution is 2.17. The van der Waals surface area contributed by atoms with Crippen molar-refractivity contribution in [3.05, 3.63) is 58.3 Å². The van der Waals surface area contributed by atoms with Crippen LogP contribution in [0.5, 0.6) is 0 Å². The maximum atomic E-state index is 12.2. The van der Waals surface area contributed by atoms with Crippen LogP contribution in [0.25, 0.3) is 0 Å². The molecule has 0 saturated heterocycles. The first-order chi connectivity index (χ1) is 10.1. The van der Waals surface area contributed by atoms with E-state index in [-0.39, 0.29) is 11.9 Å². The van der Waals surface area contributed by atoms with E-state index >= 15 is 0 Å². The molecule has 1 atom stereocenters. The fourth-order valence-corrected chi connectivity index (χ4v) is 2.24. The summed E-state index contributed by atoms with van der Waals surface area (Å²) in [4.78, 5) is 16.4. The van der Waals surface area contributed by atoms with Crippen LogP contribution < -0.4 is 10.6 Å². The highest BCUT2D eigenvalue weighted by atomic mass is 79.9. The number of hydrogen-bond donors (Lipinski definition) is 2. The molecule has 4 nitrogen and oxygen atoms in total. The number of pyridine rings is 1. The summed E-state index contributed by atoms with van der Waals surface area (Å²) < 4.78 is 1.02. The van der Waals surface area contributed by atoms with Gasteiger partial charge in [0.25, 0.3) is 5.91 Å². The Morgan fingerprint density at radius 3 is 2.67 bits per heavy atom. The number of anilines is 1. The van der Waals surface area contributed by atoms with Crippen LogP contribution in [0.15, 0.2) is 47.1 Å². The molecular formula is C16H18BrN3O. The SMILES string of the molecule is CCNc1ccnc(C(=O)NC(C)c2ccc(Br)cc2)c1. The normalized spacial score (nSPS) is 11.8. The largest absolute Gasteiger partial charge is 0.385 e. The number of benzene rings is 1. The smallest absolute Gasteiger partial charge is 0.270 e. The third-order valence-corrected chi connectivity index (χ3v) is 3.62. The third-order valence-electron chi connectivity index (χ3n) is 3.09. The molecule has 0 fully saturated rings. The molecule has 0 aliphatic rings. The Hall–Kier alpha value is -1.88. The number of nitrogens with one attached hydrogen (secondary N) is 2. The molecule has 0 saturated carbocycles. The predicted octanol–water partition coefficient (Wildman–Crippen LogP) is 3.77. The van der Waals surface area contributed by atoms with Crippen molar-refractivity contribution in [3.8, 4) is 0 Å². The lowest BCUT2D eigenvalue weighted by Crippen LogP contribution is -2.27. The molecule has 0 spiro atoms. The number of carbonyl (C=O) groups is 1. The van der Waals surface area contributed by atoms with Crippen molar-refractivity contribution in [3.63, 3.8) is 0 Å². The van der Waals surface area contributed by atoms with Gasteiger partial charge in [-0.05, 0) is 43.7 Å². The van der Waals surface area contributed by atoms with Crippen molar-refractivity contribution in [2.75, 3.05) is 11.9 Å². The molecule has 2 aromatic rings. The van der Waals surface area contributed by atoms with Crippen molar-refractivity contribution in [1.82, 2.24) is 10.3 Å². The molecule has 1 aromatic carbocycles. The van der Waals surface area contributed by atoms with Gasteiger partial charge in [-0.15, -0.1) is 0 Å². The van der Waals surface area contributed by atoms with Crippen LogP contribution >= 0.6 is 15.9 Å². The maximum absolute atomic E-state index is 12.2. The van der Waals surface area contributed by atoms with Crippen LogP contribution in [-0.2, 0) is 0 Å². The molecule has 0 aliphatic heterocycles. The van der Waals surface area contributed by atoms with Gasteiger partial charge in [-0.25, -0.2) is 0 Å². The maximum Gasteiger partial charge on any atom is 0.270 e. The van der Waals surface area contributed by atoms with Gasteiger partial charge in [0.1, 0.15) is 5.69 Å². The quantitative estimate of drug-likeness (QED) is 0.865. The van der Waals surface area contributed by atoms with Gasteiger partial charge in [0.05, 0.1) is 6.04 Å². The molecule has 1 aromatic heterocycles. The molecule has 1 amide bonds. The zero-order valence-electron chi connectivity index (χ0n) is 12.1. The van der Waals surface area contributed by atoms with E-state index < -0.39 is 0 Å². The fourth-order valence-electron chi connectivity index (χ4n) is 1.97. The lowest BCUT2D eigenvalue weighted by atomic mass is 10.1. The van der Waals surface area contributed by atoms with Gasteiger partial charge in [-0.3, -0.25) is 9.78 Å². The second kappa shape index (κ2) is 7.22. The average Bonchev–Trinajstić information content (AvgIpc) is 2.48.